The highest BCUT2D eigenvalue weighted by Gasteiger charge is 2.15. The van der Waals surface area contributed by atoms with E-state index in [1.54, 1.807) is 0 Å². The Hall–Kier alpha value is -2.98. The predicted molar refractivity (Wildman–Crippen MR) is 97.6 cm³/mol. The van der Waals surface area contributed by atoms with E-state index in [2.05, 4.69) is 10.6 Å². The zero-order chi connectivity index (χ0) is 18.6. The van der Waals surface area contributed by atoms with E-state index in [-0.39, 0.29) is 27.3 Å². The fourth-order valence-electron chi connectivity index (χ4n) is 1.91. The monoisotopic (exact) mass is 382 g/mol. The van der Waals surface area contributed by atoms with Crippen LogP contribution in [-0.4, -0.2) is 22.1 Å². The first kappa shape index (κ1) is 18.4. The lowest BCUT2D eigenvalue weighted by Gasteiger charge is -2.13. The van der Waals surface area contributed by atoms with Crippen molar-refractivity contribution in [1.82, 2.24) is 0 Å². The molecule has 130 valence electrons. The Labute approximate surface area is 151 Å². The maximum Gasteiger partial charge on any atom is 0.289 e. The van der Waals surface area contributed by atoms with Gasteiger partial charge >= 0.3 is 0 Å². The molecule has 0 amide bonds. The third kappa shape index (κ3) is 4.52. The first-order chi connectivity index (χ1) is 11.8. The number of benzene rings is 2. The zero-order valence-electron chi connectivity index (χ0n) is 12.7. The number of nitro benzene ring substituents is 2. The fourth-order valence-corrected chi connectivity index (χ4v) is 2.33. The van der Waals surface area contributed by atoms with Crippen LogP contribution in [0.15, 0.2) is 36.4 Å². The van der Waals surface area contributed by atoms with Crippen LogP contribution in [0.1, 0.15) is 0 Å². The molecular weight excluding hydrogens is 372 g/mol. The Morgan fingerprint density at radius 2 is 1.84 bits per heavy atom. The van der Waals surface area contributed by atoms with Crippen LogP contribution in [0.2, 0.25) is 5.02 Å². The van der Waals surface area contributed by atoms with Gasteiger partial charge in [0.2, 0.25) is 0 Å². The quantitative estimate of drug-likeness (QED) is 0.452. The van der Waals surface area contributed by atoms with Crippen LogP contribution >= 0.6 is 23.8 Å². The lowest BCUT2D eigenvalue weighted by Crippen LogP contribution is -2.19. The topological polar surface area (TPSA) is 120 Å². The summed E-state index contributed by atoms with van der Waals surface area (Å²) in [6.07, 6.45) is 0. The SMILES string of the molecule is COc1cc([N+](=O)[O-])ccc1NC(=S)Nc1ccc(Cl)c([N+](=O)[O-])c1. The molecule has 2 rings (SSSR count). The third-order valence-corrected chi connectivity index (χ3v) is 3.57. The number of non-ortho nitro benzene ring substituents is 1. The smallest absolute Gasteiger partial charge is 0.289 e. The lowest BCUT2D eigenvalue weighted by atomic mass is 10.2. The predicted octanol–water partition coefficient (Wildman–Crippen LogP) is 3.97. The number of hydrogen-bond donors (Lipinski definition) is 2. The number of nitrogens with zero attached hydrogens (tertiary/aromatic N) is 2. The Kier molecular flexibility index (Phi) is 5.67. The first-order valence-corrected chi connectivity index (χ1v) is 7.45. The summed E-state index contributed by atoms with van der Waals surface area (Å²) < 4.78 is 5.09. The Bertz CT molecular complexity index is 861. The Balaban J connectivity index is 2.17. The van der Waals surface area contributed by atoms with Gasteiger partial charge in [-0.3, -0.25) is 20.2 Å². The molecule has 0 radical (unpaired) electrons. The summed E-state index contributed by atoms with van der Waals surface area (Å²) in [7, 11) is 1.36. The van der Waals surface area contributed by atoms with Crippen molar-refractivity contribution in [1.29, 1.82) is 0 Å². The minimum absolute atomic E-state index is 0.00599. The largest absolute Gasteiger partial charge is 0.494 e. The highest BCUT2D eigenvalue weighted by molar-refractivity contribution is 7.80. The highest BCUT2D eigenvalue weighted by Crippen LogP contribution is 2.30. The molecule has 25 heavy (non-hydrogen) atoms. The summed E-state index contributed by atoms with van der Waals surface area (Å²) in [5, 5.41) is 27.4. The summed E-state index contributed by atoms with van der Waals surface area (Å²) in [4.78, 5) is 20.5. The van der Waals surface area contributed by atoms with Crippen molar-refractivity contribution in [2.75, 3.05) is 17.7 Å². The van der Waals surface area contributed by atoms with Gasteiger partial charge in [0, 0.05) is 17.8 Å². The van der Waals surface area contributed by atoms with E-state index in [1.807, 2.05) is 0 Å². The van der Waals surface area contributed by atoms with E-state index in [0.717, 1.165) is 0 Å². The van der Waals surface area contributed by atoms with Gasteiger partial charge in [0.15, 0.2) is 5.11 Å². The van der Waals surface area contributed by atoms with Crippen molar-refractivity contribution in [3.05, 3.63) is 61.6 Å². The normalized spacial score (nSPS) is 10.0. The van der Waals surface area contributed by atoms with Crippen LogP contribution in [0.3, 0.4) is 0 Å². The van der Waals surface area contributed by atoms with Gasteiger partial charge in [-0.1, -0.05) is 11.6 Å². The maximum atomic E-state index is 10.9. The molecule has 0 bridgehead atoms. The average Bonchev–Trinajstić information content (AvgIpc) is 2.56. The van der Waals surface area contributed by atoms with Gasteiger partial charge in [-0.05, 0) is 30.4 Å². The van der Waals surface area contributed by atoms with E-state index in [9.17, 15) is 20.2 Å². The number of methoxy groups -OCH3 is 1. The number of ether oxygens (including phenoxy) is 1. The molecule has 0 atom stereocenters. The van der Waals surface area contributed by atoms with Crippen LogP contribution in [0.25, 0.3) is 0 Å². The number of nitrogens with one attached hydrogen (secondary N) is 2. The number of halogens is 1. The van der Waals surface area contributed by atoms with Gasteiger partial charge in [0.05, 0.1) is 28.7 Å². The molecule has 0 aliphatic carbocycles. The second kappa shape index (κ2) is 7.73. The number of rotatable bonds is 5. The molecule has 0 aliphatic heterocycles. The molecule has 0 aromatic heterocycles. The molecule has 9 nitrogen and oxygen atoms in total. The van der Waals surface area contributed by atoms with E-state index in [0.29, 0.717) is 11.4 Å². The Morgan fingerprint density at radius 3 is 2.44 bits per heavy atom. The van der Waals surface area contributed by atoms with Crippen LogP contribution < -0.4 is 15.4 Å². The number of thiocarbonyl (C=S) groups is 1. The minimum Gasteiger partial charge on any atom is -0.494 e. The van der Waals surface area contributed by atoms with Gasteiger partial charge in [-0.2, -0.15) is 0 Å². The Morgan fingerprint density at radius 1 is 1.12 bits per heavy atom. The van der Waals surface area contributed by atoms with Gasteiger partial charge in [0.1, 0.15) is 10.8 Å². The number of hydrogen-bond acceptors (Lipinski definition) is 6. The summed E-state index contributed by atoms with van der Waals surface area (Å²) in [6.45, 7) is 0. The van der Waals surface area contributed by atoms with Crippen molar-refractivity contribution in [2.45, 2.75) is 0 Å². The van der Waals surface area contributed by atoms with Gasteiger partial charge in [-0.15, -0.1) is 0 Å². The van der Waals surface area contributed by atoms with Gasteiger partial charge < -0.3 is 15.4 Å². The summed E-state index contributed by atoms with van der Waals surface area (Å²) >= 11 is 10.9. The average molecular weight is 383 g/mol. The van der Waals surface area contributed by atoms with Crippen molar-refractivity contribution in [3.63, 3.8) is 0 Å². The van der Waals surface area contributed by atoms with Crippen LogP contribution in [-0.2, 0) is 0 Å². The minimum atomic E-state index is -0.608. The van der Waals surface area contributed by atoms with Crippen molar-refractivity contribution >= 4 is 51.7 Å². The molecule has 11 heteroatoms. The molecule has 0 heterocycles. The molecule has 2 aromatic carbocycles. The molecule has 0 spiro atoms. The van der Waals surface area contributed by atoms with Crippen molar-refractivity contribution < 1.29 is 14.6 Å². The molecule has 0 unspecified atom stereocenters. The standard InChI is InChI=1S/C14H11ClN4O5S/c1-24-13-7-9(18(20)21)3-5-11(13)17-14(25)16-8-2-4-10(15)12(6-8)19(22)23/h2-7H,1H3,(H2,16,17,25). The van der Waals surface area contributed by atoms with Crippen LogP contribution in [0.4, 0.5) is 22.7 Å². The highest BCUT2D eigenvalue weighted by atomic mass is 35.5. The fraction of sp³-hybridized carbons (Fsp3) is 0.0714. The summed E-state index contributed by atoms with van der Waals surface area (Å²) in [5.41, 5.74) is 0.362. The van der Waals surface area contributed by atoms with Crippen LogP contribution in [0.5, 0.6) is 5.75 Å². The molecule has 0 aliphatic rings. The van der Waals surface area contributed by atoms with Gasteiger partial charge in [0.25, 0.3) is 11.4 Å². The van der Waals surface area contributed by atoms with Gasteiger partial charge in [-0.25, -0.2) is 0 Å². The molecule has 0 saturated carbocycles. The zero-order valence-corrected chi connectivity index (χ0v) is 14.3. The van der Waals surface area contributed by atoms with Crippen LogP contribution in [0, 0.1) is 20.2 Å². The van der Waals surface area contributed by atoms with E-state index >= 15 is 0 Å². The second-order valence-corrected chi connectivity index (χ2v) is 5.46. The molecular formula is C14H11ClN4O5S. The third-order valence-electron chi connectivity index (χ3n) is 3.04. The van der Waals surface area contributed by atoms with Crippen molar-refractivity contribution in [3.8, 4) is 5.75 Å². The lowest BCUT2D eigenvalue weighted by molar-refractivity contribution is -0.385. The molecule has 0 saturated heterocycles. The van der Waals surface area contributed by atoms with Crippen molar-refractivity contribution in [2.24, 2.45) is 0 Å². The number of anilines is 2. The molecule has 0 fully saturated rings. The van der Waals surface area contributed by atoms with E-state index < -0.39 is 9.85 Å². The summed E-state index contributed by atoms with van der Waals surface area (Å²) in [5.74, 6) is 0.223. The first-order valence-electron chi connectivity index (χ1n) is 6.66. The van der Waals surface area contributed by atoms with E-state index in [1.165, 1.54) is 43.5 Å². The summed E-state index contributed by atoms with van der Waals surface area (Å²) in [6, 6.07) is 8.12. The second-order valence-electron chi connectivity index (χ2n) is 4.64. The molecule has 2 aromatic rings. The number of nitro groups is 2. The maximum absolute atomic E-state index is 10.9. The molecule has 2 N–H and O–H groups in total. The van der Waals surface area contributed by atoms with E-state index in [4.69, 9.17) is 28.6 Å².